The highest BCUT2D eigenvalue weighted by Crippen LogP contribution is 2.47. The van der Waals surface area contributed by atoms with Gasteiger partial charge in [0.05, 0.1) is 17.1 Å². The van der Waals surface area contributed by atoms with Crippen LogP contribution in [0.4, 0.5) is 4.39 Å². The monoisotopic (exact) mass is 363 g/mol. The van der Waals surface area contributed by atoms with Crippen LogP contribution in [0.3, 0.4) is 0 Å². The van der Waals surface area contributed by atoms with Crippen molar-refractivity contribution in [1.82, 2.24) is 15.3 Å². The van der Waals surface area contributed by atoms with Gasteiger partial charge in [-0.3, -0.25) is 4.79 Å². The molecule has 6 heteroatoms. The smallest absolute Gasteiger partial charge is 0.224 e. The van der Waals surface area contributed by atoms with Crippen molar-refractivity contribution in [2.24, 2.45) is 5.92 Å². The number of imidazole rings is 1. The van der Waals surface area contributed by atoms with Crippen LogP contribution in [0.1, 0.15) is 36.9 Å². The highest BCUT2D eigenvalue weighted by molar-refractivity contribution is 5.84. The van der Waals surface area contributed by atoms with Gasteiger partial charge in [0, 0.05) is 17.2 Å². The molecule has 2 N–H and O–H groups in total. The van der Waals surface area contributed by atoms with Crippen molar-refractivity contribution in [2.45, 2.75) is 25.3 Å². The van der Waals surface area contributed by atoms with Crippen LogP contribution < -0.4 is 5.32 Å². The summed E-state index contributed by atoms with van der Waals surface area (Å²) in [7, 11) is 0. The number of rotatable bonds is 4. The quantitative estimate of drug-likeness (QED) is 0.563. The Labute approximate surface area is 154 Å². The van der Waals surface area contributed by atoms with E-state index >= 15 is 0 Å². The lowest BCUT2D eigenvalue weighted by atomic mass is 10.2. The molecule has 0 spiro atoms. The second kappa shape index (κ2) is 5.94. The van der Waals surface area contributed by atoms with Crippen LogP contribution in [0.25, 0.3) is 22.0 Å². The van der Waals surface area contributed by atoms with Crippen molar-refractivity contribution in [1.29, 1.82) is 0 Å². The first-order valence-corrected chi connectivity index (χ1v) is 9.02. The molecule has 4 aromatic rings. The van der Waals surface area contributed by atoms with Crippen molar-refractivity contribution in [3.05, 3.63) is 65.9 Å². The van der Waals surface area contributed by atoms with E-state index < -0.39 is 0 Å². The molecule has 0 aliphatic heterocycles. The average Bonchev–Trinajstić information content (AvgIpc) is 3.16. The lowest BCUT2D eigenvalue weighted by Gasteiger charge is -2.11. The molecule has 1 aliphatic carbocycles. The molecule has 1 aliphatic rings. The zero-order valence-electron chi connectivity index (χ0n) is 14.7. The van der Waals surface area contributed by atoms with E-state index in [2.05, 4.69) is 15.3 Å². The van der Waals surface area contributed by atoms with Crippen LogP contribution in [0.2, 0.25) is 0 Å². The van der Waals surface area contributed by atoms with Crippen molar-refractivity contribution in [2.75, 3.05) is 0 Å². The largest absolute Gasteiger partial charge is 0.459 e. The summed E-state index contributed by atoms with van der Waals surface area (Å²) in [6.07, 6.45) is 0.781. The van der Waals surface area contributed by atoms with E-state index in [-0.39, 0.29) is 29.6 Å². The van der Waals surface area contributed by atoms with Crippen molar-refractivity contribution in [3.8, 4) is 0 Å². The van der Waals surface area contributed by atoms with Gasteiger partial charge in [0.1, 0.15) is 23.0 Å². The number of aromatic amines is 1. The van der Waals surface area contributed by atoms with Gasteiger partial charge < -0.3 is 14.7 Å². The maximum atomic E-state index is 13.3. The molecule has 2 aromatic carbocycles. The van der Waals surface area contributed by atoms with Gasteiger partial charge in [-0.2, -0.15) is 0 Å². The molecule has 136 valence electrons. The Kier molecular flexibility index (Phi) is 3.53. The predicted molar refractivity (Wildman–Crippen MR) is 99.7 cm³/mol. The van der Waals surface area contributed by atoms with Gasteiger partial charge in [-0.05, 0) is 49.7 Å². The summed E-state index contributed by atoms with van der Waals surface area (Å²) >= 11 is 0. The van der Waals surface area contributed by atoms with Crippen LogP contribution in [0, 0.1) is 11.7 Å². The van der Waals surface area contributed by atoms with Gasteiger partial charge in [-0.15, -0.1) is 0 Å². The summed E-state index contributed by atoms with van der Waals surface area (Å²) in [4.78, 5) is 20.5. The molecule has 27 heavy (non-hydrogen) atoms. The zero-order valence-corrected chi connectivity index (χ0v) is 14.7. The molecular formula is C21H18FN3O2. The van der Waals surface area contributed by atoms with Gasteiger partial charge in [0.2, 0.25) is 5.91 Å². The Bertz CT molecular complexity index is 1130. The summed E-state index contributed by atoms with van der Waals surface area (Å²) in [5.74, 6) is 1.19. The maximum Gasteiger partial charge on any atom is 0.224 e. The summed E-state index contributed by atoms with van der Waals surface area (Å²) in [5, 5.41) is 3.69. The minimum absolute atomic E-state index is 0.0143. The number of aromatic nitrogens is 2. The number of amides is 1. The highest BCUT2D eigenvalue weighted by Gasteiger charge is 2.46. The molecule has 0 radical (unpaired) electrons. The third-order valence-electron chi connectivity index (χ3n) is 5.17. The van der Waals surface area contributed by atoms with Gasteiger partial charge >= 0.3 is 0 Å². The minimum Gasteiger partial charge on any atom is -0.459 e. The fourth-order valence-electron chi connectivity index (χ4n) is 3.57. The molecule has 3 atom stereocenters. The lowest BCUT2D eigenvalue weighted by Crippen LogP contribution is -2.28. The van der Waals surface area contributed by atoms with Gasteiger partial charge in [-0.25, -0.2) is 9.37 Å². The van der Waals surface area contributed by atoms with Crippen LogP contribution in [0.15, 0.2) is 52.9 Å². The molecule has 1 unspecified atom stereocenters. The van der Waals surface area contributed by atoms with Crippen LogP contribution in [0.5, 0.6) is 0 Å². The number of H-pyrrole nitrogens is 1. The number of fused-ring (bicyclic) bond motifs is 2. The molecular weight excluding hydrogens is 345 g/mol. The Hall–Kier alpha value is -3.15. The van der Waals surface area contributed by atoms with Crippen molar-refractivity contribution < 1.29 is 13.6 Å². The first-order chi connectivity index (χ1) is 13.1. The third-order valence-corrected chi connectivity index (χ3v) is 5.17. The number of benzene rings is 2. The number of carbonyl (C=O) groups excluding carboxylic acids is 1. The molecule has 5 nitrogen and oxygen atoms in total. The third kappa shape index (κ3) is 2.87. The normalized spacial score (nSPS) is 20.1. The van der Waals surface area contributed by atoms with Crippen LogP contribution >= 0.6 is 0 Å². The number of halogens is 1. The van der Waals surface area contributed by atoms with Crippen molar-refractivity contribution in [3.63, 3.8) is 0 Å². The second-order valence-electron chi connectivity index (χ2n) is 7.15. The molecule has 2 heterocycles. The summed E-state index contributed by atoms with van der Waals surface area (Å²) < 4.78 is 19.1. The predicted octanol–water partition coefficient (Wildman–Crippen LogP) is 4.43. The number of carbonyl (C=O) groups is 1. The fourth-order valence-corrected chi connectivity index (χ4v) is 3.57. The number of nitrogens with zero attached hydrogens (tertiary/aromatic N) is 1. The average molecular weight is 363 g/mol. The first-order valence-electron chi connectivity index (χ1n) is 9.02. The minimum atomic E-state index is -0.307. The molecule has 1 amide bonds. The Balaban J connectivity index is 1.28. The topological polar surface area (TPSA) is 70.9 Å². The first kappa shape index (κ1) is 16.1. The summed E-state index contributed by atoms with van der Waals surface area (Å²) in [5.41, 5.74) is 2.52. The van der Waals surface area contributed by atoms with E-state index in [0.717, 1.165) is 23.3 Å². The van der Waals surface area contributed by atoms with E-state index in [9.17, 15) is 9.18 Å². The number of furan rings is 1. The number of hydrogen-bond acceptors (Lipinski definition) is 3. The van der Waals surface area contributed by atoms with Gasteiger partial charge in [0.25, 0.3) is 0 Å². The van der Waals surface area contributed by atoms with Gasteiger partial charge in [-0.1, -0.05) is 12.1 Å². The Morgan fingerprint density at radius 1 is 1.30 bits per heavy atom. The Morgan fingerprint density at radius 3 is 3.00 bits per heavy atom. The highest BCUT2D eigenvalue weighted by atomic mass is 19.1. The van der Waals surface area contributed by atoms with E-state index in [1.807, 2.05) is 31.2 Å². The summed E-state index contributed by atoms with van der Waals surface area (Å²) in [6, 6.07) is 13.7. The van der Waals surface area contributed by atoms with Crippen LogP contribution in [-0.4, -0.2) is 15.9 Å². The standard InChI is InChI=1S/C21H18FN3O2/c1-11(19-9-12-8-13(22)6-7-18(12)27-19)23-21(26)15-10-14(15)20-24-16-4-2-3-5-17(16)25-20/h2-9,11,14-15H,10H2,1H3,(H,23,26)(H,24,25)/t11-,14-,15?/m0/s1. The number of hydrogen-bond donors (Lipinski definition) is 2. The molecule has 1 fully saturated rings. The Morgan fingerprint density at radius 2 is 2.15 bits per heavy atom. The SMILES string of the molecule is C[C@H](NC(=O)C1C[C@@H]1c1nc2ccccc2[nH]1)c1cc2cc(F)ccc2o1. The zero-order chi connectivity index (χ0) is 18.5. The van der Waals surface area contributed by atoms with E-state index in [4.69, 9.17) is 4.42 Å². The van der Waals surface area contributed by atoms with Crippen LogP contribution in [-0.2, 0) is 4.79 Å². The molecule has 2 aromatic heterocycles. The van der Waals surface area contributed by atoms with E-state index in [1.54, 1.807) is 12.1 Å². The second-order valence-corrected chi connectivity index (χ2v) is 7.15. The molecule has 5 rings (SSSR count). The number of nitrogens with one attached hydrogen (secondary N) is 2. The molecule has 0 bridgehead atoms. The molecule has 1 saturated carbocycles. The van der Waals surface area contributed by atoms with E-state index in [0.29, 0.717) is 16.7 Å². The summed E-state index contributed by atoms with van der Waals surface area (Å²) in [6.45, 7) is 1.87. The maximum absolute atomic E-state index is 13.3. The fraction of sp³-hybridized carbons (Fsp3) is 0.238. The van der Waals surface area contributed by atoms with Gasteiger partial charge in [0.15, 0.2) is 0 Å². The number of para-hydroxylation sites is 2. The lowest BCUT2D eigenvalue weighted by molar-refractivity contribution is -0.123. The van der Waals surface area contributed by atoms with E-state index in [1.165, 1.54) is 12.1 Å². The van der Waals surface area contributed by atoms with Crippen molar-refractivity contribution >= 4 is 27.9 Å². The molecule has 0 saturated heterocycles.